The third kappa shape index (κ3) is 3.04. The Morgan fingerprint density at radius 3 is 2.55 bits per heavy atom. The van der Waals surface area contributed by atoms with Gasteiger partial charge in [-0.15, -0.1) is 0 Å². The number of hydrogen-bond acceptors (Lipinski definition) is 2. The van der Waals surface area contributed by atoms with Crippen LogP contribution >= 0.6 is 0 Å². The zero-order valence-corrected chi connectivity index (χ0v) is 13.0. The highest BCUT2D eigenvalue weighted by Gasteiger charge is 2.35. The fourth-order valence-electron chi connectivity index (χ4n) is 3.16. The van der Waals surface area contributed by atoms with E-state index in [0.717, 1.165) is 18.7 Å². The molecule has 1 amide bonds. The first-order chi connectivity index (χ1) is 9.54. The molecule has 20 heavy (non-hydrogen) atoms. The summed E-state index contributed by atoms with van der Waals surface area (Å²) in [6, 6.07) is 10.9. The van der Waals surface area contributed by atoms with Gasteiger partial charge in [0.1, 0.15) is 0 Å². The monoisotopic (exact) mass is 274 g/mol. The van der Waals surface area contributed by atoms with Gasteiger partial charge in [-0.05, 0) is 38.4 Å². The van der Waals surface area contributed by atoms with Crippen molar-refractivity contribution >= 4 is 11.6 Å². The van der Waals surface area contributed by atoms with Crippen LogP contribution in [0.2, 0.25) is 0 Å². The van der Waals surface area contributed by atoms with Crippen LogP contribution in [-0.4, -0.2) is 36.5 Å². The molecule has 1 aromatic rings. The molecule has 0 radical (unpaired) electrons. The van der Waals surface area contributed by atoms with E-state index in [-0.39, 0.29) is 5.91 Å². The molecule has 1 heterocycles. The van der Waals surface area contributed by atoms with E-state index in [2.05, 4.69) is 25.8 Å². The molecule has 0 aliphatic carbocycles. The minimum Gasteiger partial charge on any atom is -0.309 e. The van der Waals surface area contributed by atoms with Crippen molar-refractivity contribution in [3.8, 4) is 0 Å². The molecule has 0 bridgehead atoms. The molecule has 0 aromatic heterocycles. The van der Waals surface area contributed by atoms with Crippen molar-refractivity contribution in [1.82, 2.24) is 4.90 Å². The molecule has 1 aliphatic heterocycles. The van der Waals surface area contributed by atoms with Gasteiger partial charge in [0.2, 0.25) is 5.91 Å². The number of hydrogen-bond donors (Lipinski definition) is 0. The van der Waals surface area contributed by atoms with E-state index >= 15 is 0 Å². The maximum Gasteiger partial charge on any atom is 0.226 e. The van der Waals surface area contributed by atoms with E-state index in [4.69, 9.17) is 0 Å². The number of amides is 1. The van der Waals surface area contributed by atoms with Crippen molar-refractivity contribution in [3.05, 3.63) is 30.3 Å². The van der Waals surface area contributed by atoms with Gasteiger partial charge in [0, 0.05) is 30.7 Å². The molecular weight excluding hydrogens is 248 g/mol. The number of para-hydroxylation sites is 1. The van der Waals surface area contributed by atoms with Crippen LogP contribution in [0.3, 0.4) is 0 Å². The molecule has 3 atom stereocenters. The molecule has 0 saturated carbocycles. The summed E-state index contributed by atoms with van der Waals surface area (Å²) in [7, 11) is 2.17. The first kappa shape index (κ1) is 15.0. The van der Waals surface area contributed by atoms with Gasteiger partial charge in [-0.2, -0.15) is 0 Å². The van der Waals surface area contributed by atoms with E-state index in [1.54, 1.807) is 0 Å². The summed E-state index contributed by atoms with van der Waals surface area (Å²) >= 11 is 0. The summed E-state index contributed by atoms with van der Waals surface area (Å²) in [5, 5.41) is 0. The van der Waals surface area contributed by atoms with Crippen molar-refractivity contribution < 1.29 is 4.79 Å². The number of carbonyl (C=O) groups is 1. The quantitative estimate of drug-likeness (QED) is 0.845. The van der Waals surface area contributed by atoms with E-state index in [9.17, 15) is 4.79 Å². The molecule has 1 saturated heterocycles. The predicted octanol–water partition coefficient (Wildman–Crippen LogP) is 3.16. The number of piperidine rings is 1. The number of likely N-dealkylation sites (tertiary alicyclic amines) is 1. The molecule has 0 spiro atoms. The summed E-state index contributed by atoms with van der Waals surface area (Å²) in [5.41, 5.74) is 1.04. The molecule has 0 N–H and O–H groups in total. The Morgan fingerprint density at radius 2 is 1.95 bits per heavy atom. The van der Waals surface area contributed by atoms with Crippen molar-refractivity contribution in [2.75, 3.05) is 18.5 Å². The van der Waals surface area contributed by atoms with Gasteiger partial charge in [-0.3, -0.25) is 4.79 Å². The molecular formula is C17H26N2O. The largest absolute Gasteiger partial charge is 0.309 e. The average molecular weight is 274 g/mol. The Bertz CT molecular complexity index is 446. The second-order valence-electron chi connectivity index (χ2n) is 6.02. The lowest BCUT2D eigenvalue weighted by Crippen LogP contribution is -2.54. The van der Waals surface area contributed by atoms with Crippen LogP contribution in [0.5, 0.6) is 0 Å². The minimum atomic E-state index is 0.227. The molecule has 3 unspecified atom stereocenters. The van der Waals surface area contributed by atoms with Crippen LogP contribution in [0.1, 0.15) is 33.6 Å². The third-order valence-corrected chi connectivity index (χ3v) is 4.51. The lowest BCUT2D eigenvalue weighted by Gasteiger charge is -2.44. The first-order valence-corrected chi connectivity index (χ1v) is 7.62. The maximum absolute atomic E-state index is 12.5. The Kier molecular flexibility index (Phi) is 4.81. The molecule has 3 nitrogen and oxygen atoms in total. The lowest BCUT2D eigenvalue weighted by molar-refractivity contribution is -0.119. The Labute approximate surface area is 122 Å². The maximum atomic E-state index is 12.5. The number of anilines is 1. The summed E-state index contributed by atoms with van der Waals surface area (Å²) in [6.07, 6.45) is 1.60. The first-order valence-electron chi connectivity index (χ1n) is 7.62. The van der Waals surface area contributed by atoms with E-state index in [1.165, 1.54) is 0 Å². The number of nitrogens with zero attached hydrogens (tertiary/aromatic N) is 2. The van der Waals surface area contributed by atoms with Crippen LogP contribution in [0.25, 0.3) is 0 Å². The molecule has 110 valence electrons. The summed E-state index contributed by atoms with van der Waals surface area (Å²) in [6.45, 7) is 7.50. The second-order valence-corrected chi connectivity index (χ2v) is 6.02. The second kappa shape index (κ2) is 6.40. The Balaban J connectivity index is 2.30. The number of carbonyl (C=O) groups excluding carboxylic acids is 1. The van der Waals surface area contributed by atoms with Crippen LogP contribution in [-0.2, 0) is 4.79 Å². The zero-order chi connectivity index (χ0) is 14.7. The van der Waals surface area contributed by atoms with Crippen molar-refractivity contribution in [3.63, 3.8) is 0 Å². The normalized spacial score (nSPS) is 27.3. The Hall–Kier alpha value is -1.35. The summed E-state index contributed by atoms with van der Waals surface area (Å²) in [4.78, 5) is 16.9. The summed E-state index contributed by atoms with van der Waals surface area (Å²) < 4.78 is 0. The zero-order valence-electron chi connectivity index (χ0n) is 13.0. The fourth-order valence-corrected chi connectivity index (χ4v) is 3.16. The fraction of sp³-hybridized carbons (Fsp3) is 0.588. The SMILES string of the molecule is CCC(=O)N(c1ccccc1)C1CC(C)N(C)CC1C. The predicted molar refractivity (Wildman–Crippen MR) is 83.9 cm³/mol. The van der Waals surface area contributed by atoms with Crippen molar-refractivity contribution in [2.24, 2.45) is 5.92 Å². The number of rotatable bonds is 3. The van der Waals surface area contributed by atoms with Gasteiger partial charge in [0.05, 0.1) is 0 Å². The van der Waals surface area contributed by atoms with E-state index < -0.39 is 0 Å². The minimum absolute atomic E-state index is 0.227. The van der Waals surface area contributed by atoms with E-state index in [0.29, 0.717) is 24.4 Å². The highest BCUT2D eigenvalue weighted by Crippen LogP contribution is 2.29. The molecule has 1 aromatic carbocycles. The van der Waals surface area contributed by atoms with Crippen LogP contribution in [0, 0.1) is 5.92 Å². The van der Waals surface area contributed by atoms with Crippen molar-refractivity contribution in [1.29, 1.82) is 0 Å². The van der Waals surface area contributed by atoms with Gasteiger partial charge in [-0.1, -0.05) is 32.0 Å². The molecule has 3 heteroatoms. The van der Waals surface area contributed by atoms with Crippen molar-refractivity contribution in [2.45, 2.75) is 45.7 Å². The average Bonchev–Trinajstić information content (AvgIpc) is 2.45. The van der Waals surface area contributed by atoms with Crippen LogP contribution in [0.4, 0.5) is 5.69 Å². The summed E-state index contributed by atoms with van der Waals surface area (Å²) in [5.74, 6) is 0.719. The van der Waals surface area contributed by atoms with Crippen LogP contribution in [0.15, 0.2) is 30.3 Å². The molecule has 1 fully saturated rings. The lowest BCUT2D eigenvalue weighted by atomic mass is 9.88. The topological polar surface area (TPSA) is 23.6 Å². The highest BCUT2D eigenvalue weighted by molar-refractivity contribution is 5.93. The highest BCUT2D eigenvalue weighted by atomic mass is 16.2. The third-order valence-electron chi connectivity index (χ3n) is 4.51. The van der Waals surface area contributed by atoms with Crippen LogP contribution < -0.4 is 4.90 Å². The Morgan fingerprint density at radius 1 is 1.30 bits per heavy atom. The molecule has 2 rings (SSSR count). The van der Waals surface area contributed by atoms with Gasteiger partial charge in [-0.25, -0.2) is 0 Å². The van der Waals surface area contributed by atoms with Gasteiger partial charge in [0.15, 0.2) is 0 Å². The standard InChI is InChI=1S/C17H26N2O/c1-5-17(20)19(15-9-7-6-8-10-15)16-11-14(3)18(4)12-13(16)2/h6-10,13-14,16H,5,11-12H2,1-4H3. The van der Waals surface area contributed by atoms with Gasteiger partial charge >= 0.3 is 0 Å². The van der Waals surface area contributed by atoms with E-state index in [1.807, 2.05) is 42.2 Å². The van der Waals surface area contributed by atoms with Gasteiger partial charge < -0.3 is 9.80 Å². The van der Waals surface area contributed by atoms with Gasteiger partial charge in [0.25, 0.3) is 0 Å². The molecule has 1 aliphatic rings. The smallest absolute Gasteiger partial charge is 0.226 e. The number of benzene rings is 1.